The molecule has 1 amide bonds. The summed E-state index contributed by atoms with van der Waals surface area (Å²) in [4.78, 5) is 17.4. The molecule has 33 heavy (non-hydrogen) atoms. The number of para-hydroxylation sites is 2. The first-order chi connectivity index (χ1) is 15.9. The van der Waals surface area contributed by atoms with E-state index in [-0.39, 0.29) is 17.9 Å². The van der Waals surface area contributed by atoms with E-state index in [2.05, 4.69) is 5.32 Å². The van der Waals surface area contributed by atoms with Gasteiger partial charge < -0.3 is 14.8 Å². The van der Waals surface area contributed by atoms with Crippen molar-refractivity contribution in [2.24, 2.45) is 5.92 Å². The van der Waals surface area contributed by atoms with Gasteiger partial charge >= 0.3 is 0 Å². The summed E-state index contributed by atoms with van der Waals surface area (Å²) < 4.78 is 13.0. The van der Waals surface area contributed by atoms with E-state index in [0.29, 0.717) is 17.3 Å². The maximum absolute atomic E-state index is 13.8. The summed E-state index contributed by atoms with van der Waals surface area (Å²) in [6.45, 7) is 3.91. The molecular formula is C26H32ClN3O3. The van der Waals surface area contributed by atoms with Crippen LogP contribution in [0.3, 0.4) is 0 Å². The molecule has 0 aliphatic heterocycles. The fourth-order valence-corrected chi connectivity index (χ4v) is 5.28. The van der Waals surface area contributed by atoms with Gasteiger partial charge in [0.1, 0.15) is 17.3 Å². The van der Waals surface area contributed by atoms with Crippen LogP contribution in [0.25, 0.3) is 22.4 Å². The number of rotatable bonds is 7. The molecule has 0 spiro atoms. The van der Waals surface area contributed by atoms with Gasteiger partial charge in [-0.05, 0) is 51.0 Å². The molecule has 1 atom stereocenters. The highest BCUT2D eigenvalue weighted by atomic mass is 35.5. The van der Waals surface area contributed by atoms with E-state index < -0.39 is 5.00 Å². The van der Waals surface area contributed by atoms with Crippen LogP contribution < -0.4 is 14.8 Å². The molecule has 1 saturated carbocycles. The highest BCUT2D eigenvalue weighted by Crippen LogP contribution is 2.46. The average Bonchev–Trinajstić information content (AvgIpc) is 3.23. The Bertz CT molecular complexity index is 1140. The summed E-state index contributed by atoms with van der Waals surface area (Å²) >= 11 is 7.51. The lowest BCUT2D eigenvalue weighted by atomic mass is 9.82. The Hall–Kier alpha value is -2.73. The number of imidazole rings is 1. The van der Waals surface area contributed by atoms with Gasteiger partial charge in [-0.1, -0.05) is 43.0 Å². The molecule has 0 radical (unpaired) electrons. The van der Waals surface area contributed by atoms with Gasteiger partial charge in [-0.15, -0.1) is 0 Å². The van der Waals surface area contributed by atoms with E-state index in [1.165, 1.54) is 6.42 Å². The molecule has 0 bridgehead atoms. The smallest absolute Gasteiger partial charge is 0.262 e. The zero-order valence-electron chi connectivity index (χ0n) is 19.7. The molecule has 1 aliphatic rings. The van der Waals surface area contributed by atoms with Crippen molar-refractivity contribution in [3.8, 4) is 22.9 Å². The summed E-state index contributed by atoms with van der Waals surface area (Å²) in [5.41, 5.74) is 2.36. The number of methoxy groups -OCH3 is 2. The van der Waals surface area contributed by atoms with Crippen molar-refractivity contribution < 1.29 is 14.3 Å². The first-order valence-corrected chi connectivity index (χ1v) is 12.0. The molecule has 1 aliphatic carbocycles. The van der Waals surface area contributed by atoms with Gasteiger partial charge in [-0.25, -0.2) is 4.98 Å². The zero-order chi connectivity index (χ0) is 23.6. The number of aromatic nitrogens is 2. The SMILES string of the molecule is COc1ccc(-c2nc3ccccc3n2C(Cl)(C(=O)NC(C)C)C2CCCCC2)c(OC)c1. The Morgan fingerprint density at radius 2 is 1.85 bits per heavy atom. The van der Waals surface area contributed by atoms with Crippen LogP contribution >= 0.6 is 11.6 Å². The minimum Gasteiger partial charge on any atom is -0.497 e. The summed E-state index contributed by atoms with van der Waals surface area (Å²) in [7, 11) is 3.23. The van der Waals surface area contributed by atoms with Crippen molar-refractivity contribution in [2.45, 2.75) is 57.0 Å². The number of fused-ring (bicyclic) bond motifs is 1. The van der Waals surface area contributed by atoms with Crippen molar-refractivity contribution in [1.29, 1.82) is 0 Å². The zero-order valence-corrected chi connectivity index (χ0v) is 20.5. The van der Waals surface area contributed by atoms with Crippen molar-refractivity contribution in [1.82, 2.24) is 14.9 Å². The Morgan fingerprint density at radius 3 is 2.52 bits per heavy atom. The fraction of sp³-hybridized carbons (Fsp3) is 0.462. The summed E-state index contributed by atoms with van der Waals surface area (Å²) in [5.74, 6) is 1.68. The number of hydrogen-bond donors (Lipinski definition) is 1. The monoisotopic (exact) mass is 469 g/mol. The molecule has 1 fully saturated rings. The van der Waals surface area contributed by atoms with E-state index >= 15 is 0 Å². The number of benzene rings is 2. The van der Waals surface area contributed by atoms with Crippen LogP contribution in [-0.4, -0.2) is 35.7 Å². The first kappa shape index (κ1) is 23.4. The van der Waals surface area contributed by atoms with Crippen LogP contribution in [0.5, 0.6) is 11.5 Å². The Labute approximate surface area is 200 Å². The topological polar surface area (TPSA) is 65.4 Å². The molecule has 7 heteroatoms. The van der Waals surface area contributed by atoms with Gasteiger partial charge in [0, 0.05) is 18.0 Å². The average molecular weight is 470 g/mol. The largest absolute Gasteiger partial charge is 0.497 e. The Morgan fingerprint density at radius 1 is 1.12 bits per heavy atom. The second kappa shape index (κ2) is 9.64. The molecular weight excluding hydrogens is 438 g/mol. The maximum Gasteiger partial charge on any atom is 0.262 e. The quantitative estimate of drug-likeness (QED) is 0.449. The Balaban J connectivity index is 2.01. The third-order valence-corrected chi connectivity index (χ3v) is 7.07. The van der Waals surface area contributed by atoms with Crippen LogP contribution in [0, 0.1) is 5.92 Å². The third kappa shape index (κ3) is 4.29. The second-order valence-electron chi connectivity index (χ2n) is 8.96. The van der Waals surface area contributed by atoms with Crippen molar-refractivity contribution in [3.63, 3.8) is 0 Å². The molecule has 1 unspecified atom stereocenters. The highest BCUT2D eigenvalue weighted by Gasteiger charge is 2.48. The van der Waals surface area contributed by atoms with Gasteiger partial charge in [0.25, 0.3) is 5.91 Å². The number of amides is 1. The van der Waals surface area contributed by atoms with Crippen LogP contribution in [0.15, 0.2) is 42.5 Å². The predicted octanol–water partition coefficient (Wildman–Crippen LogP) is 5.72. The molecule has 176 valence electrons. The number of nitrogens with zero attached hydrogens (tertiary/aromatic N) is 2. The van der Waals surface area contributed by atoms with Gasteiger partial charge in [-0.2, -0.15) is 0 Å². The number of alkyl halides is 1. The standard InChI is InChI=1S/C26H32ClN3O3/c1-17(2)28-25(31)26(27,18-10-6-5-7-11-18)30-22-13-9-8-12-21(22)29-24(30)20-15-14-19(32-3)16-23(20)33-4/h8-9,12-18H,5-7,10-11H2,1-4H3,(H,28,31). The minimum atomic E-state index is -1.32. The van der Waals surface area contributed by atoms with Crippen molar-refractivity contribution in [2.75, 3.05) is 14.2 Å². The number of carbonyl (C=O) groups excluding carboxylic acids is 1. The molecule has 0 saturated heterocycles. The summed E-state index contributed by atoms with van der Waals surface area (Å²) in [5, 5.41) is 3.09. The number of nitrogens with one attached hydrogen (secondary N) is 1. The number of ether oxygens (including phenoxy) is 2. The number of halogens is 1. The molecule has 1 aromatic heterocycles. The fourth-order valence-electron chi connectivity index (χ4n) is 4.84. The lowest BCUT2D eigenvalue weighted by Gasteiger charge is -2.39. The maximum atomic E-state index is 13.8. The van der Waals surface area contributed by atoms with Gasteiger partial charge in [0.05, 0.1) is 30.8 Å². The summed E-state index contributed by atoms with van der Waals surface area (Å²) in [6, 6.07) is 13.4. The van der Waals surface area contributed by atoms with Crippen LogP contribution in [-0.2, 0) is 9.79 Å². The highest BCUT2D eigenvalue weighted by molar-refractivity contribution is 6.33. The minimum absolute atomic E-state index is 0.0210. The van der Waals surface area contributed by atoms with E-state index in [1.807, 2.05) is 60.9 Å². The van der Waals surface area contributed by atoms with Crippen molar-refractivity contribution in [3.05, 3.63) is 42.5 Å². The van der Waals surface area contributed by atoms with Crippen LogP contribution in [0.1, 0.15) is 46.0 Å². The van der Waals surface area contributed by atoms with E-state index in [0.717, 1.165) is 42.3 Å². The lowest BCUT2D eigenvalue weighted by molar-refractivity contribution is -0.129. The molecule has 2 aromatic carbocycles. The van der Waals surface area contributed by atoms with E-state index in [1.54, 1.807) is 14.2 Å². The molecule has 1 N–H and O–H groups in total. The third-order valence-electron chi connectivity index (χ3n) is 6.42. The number of hydrogen-bond acceptors (Lipinski definition) is 4. The molecule has 1 heterocycles. The summed E-state index contributed by atoms with van der Waals surface area (Å²) in [6.07, 6.45) is 5.06. The first-order valence-electron chi connectivity index (χ1n) is 11.6. The molecule has 6 nitrogen and oxygen atoms in total. The molecule has 4 rings (SSSR count). The van der Waals surface area contributed by atoms with Crippen LogP contribution in [0.4, 0.5) is 0 Å². The predicted molar refractivity (Wildman–Crippen MR) is 132 cm³/mol. The lowest BCUT2D eigenvalue weighted by Crippen LogP contribution is -2.52. The van der Waals surface area contributed by atoms with E-state index in [4.69, 9.17) is 26.1 Å². The van der Waals surface area contributed by atoms with Gasteiger partial charge in [0.15, 0.2) is 0 Å². The van der Waals surface area contributed by atoms with E-state index in [9.17, 15) is 4.79 Å². The Kier molecular flexibility index (Phi) is 6.84. The van der Waals surface area contributed by atoms with Crippen LogP contribution in [0.2, 0.25) is 0 Å². The number of carbonyl (C=O) groups is 1. The normalized spacial score (nSPS) is 16.5. The van der Waals surface area contributed by atoms with Gasteiger partial charge in [-0.3, -0.25) is 9.36 Å². The molecule has 3 aromatic rings. The van der Waals surface area contributed by atoms with Gasteiger partial charge in [0.2, 0.25) is 5.00 Å². The second-order valence-corrected chi connectivity index (χ2v) is 9.54. The van der Waals surface area contributed by atoms with Crippen molar-refractivity contribution >= 4 is 28.5 Å².